The van der Waals surface area contributed by atoms with Crippen molar-refractivity contribution in [2.24, 2.45) is 5.92 Å². The lowest BCUT2D eigenvalue weighted by Gasteiger charge is -2.27. The van der Waals surface area contributed by atoms with E-state index in [9.17, 15) is 5.11 Å². The normalized spacial score (nSPS) is 22.2. The van der Waals surface area contributed by atoms with Crippen LogP contribution in [0.3, 0.4) is 0 Å². The molecule has 1 saturated heterocycles. The summed E-state index contributed by atoms with van der Waals surface area (Å²) in [6.45, 7) is 2.29. The minimum atomic E-state index is -0.523. The Morgan fingerprint density at radius 2 is 1.86 bits per heavy atom. The quantitative estimate of drug-likeness (QED) is 0.680. The zero-order valence-electron chi connectivity index (χ0n) is 13.4. The third-order valence-electron chi connectivity index (χ3n) is 4.62. The Hall–Kier alpha value is -1.55. The van der Waals surface area contributed by atoms with Crippen molar-refractivity contribution >= 4 is 8.80 Å². The number of aliphatic hydroxyl groups excluding tert-OH is 1. The van der Waals surface area contributed by atoms with E-state index in [1.807, 2.05) is 12.1 Å². The molecule has 0 amide bonds. The molecule has 1 fully saturated rings. The number of hydrogen-bond donors (Lipinski definition) is 1. The van der Waals surface area contributed by atoms with Crippen LogP contribution in [0.15, 0.2) is 24.3 Å². The van der Waals surface area contributed by atoms with Gasteiger partial charge in [-0.25, -0.2) is 0 Å². The molecule has 1 N–H and O–H groups in total. The minimum absolute atomic E-state index is 0.427. The van der Waals surface area contributed by atoms with Gasteiger partial charge in [-0.2, -0.15) is 5.26 Å². The molecule has 1 atom stereocenters. The molecule has 0 aliphatic carbocycles. The van der Waals surface area contributed by atoms with Gasteiger partial charge in [0.2, 0.25) is 0 Å². The summed E-state index contributed by atoms with van der Waals surface area (Å²) in [5, 5.41) is 18.9. The first-order valence-electron chi connectivity index (χ1n) is 8.41. The summed E-state index contributed by atoms with van der Waals surface area (Å²) in [5.74, 6) is 6.63. The van der Waals surface area contributed by atoms with Gasteiger partial charge in [-0.3, -0.25) is 0 Å². The molecule has 1 aromatic carbocycles. The van der Waals surface area contributed by atoms with Crippen LogP contribution >= 0.6 is 0 Å². The molecule has 1 aliphatic rings. The standard InChI is InChI=1S/C19H25NOSi/c1-2-11-22-12-9-17(10-13-22)14-19(21)8-7-16-3-5-18(15-20)6-4-16/h3-6,17,19,21-22H,2,9-14H2,1H3. The average molecular weight is 312 g/mol. The Morgan fingerprint density at radius 1 is 1.23 bits per heavy atom. The topological polar surface area (TPSA) is 44.0 Å². The van der Waals surface area contributed by atoms with Crippen molar-refractivity contribution in [1.29, 1.82) is 5.26 Å². The van der Waals surface area contributed by atoms with Crippen LogP contribution in [0.4, 0.5) is 0 Å². The Labute approximate surface area is 135 Å². The Morgan fingerprint density at radius 3 is 2.45 bits per heavy atom. The van der Waals surface area contributed by atoms with Gasteiger partial charge in [-0.1, -0.05) is 56.2 Å². The molecule has 2 nitrogen and oxygen atoms in total. The molecule has 22 heavy (non-hydrogen) atoms. The van der Waals surface area contributed by atoms with Crippen LogP contribution in [0.1, 0.15) is 43.7 Å². The fourth-order valence-electron chi connectivity index (χ4n) is 3.33. The van der Waals surface area contributed by atoms with Gasteiger partial charge in [0, 0.05) is 14.4 Å². The third-order valence-corrected chi connectivity index (χ3v) is 8.31. The molecule has 1 unspecified atom stereocenters. The molecule has 116 valence electrons. The molecular formula is C19H25NOSi. The number of aliphatic hydroxyl groups is 1. The van der Waals surface area contributed by atoms with Crippen molar-refractivity contribution in [3.05, 3.63) is 35.4 Å². The summed E-state index contributed by atoms with van der Waals surface area (Å²) >= 11 is 0. The molecule has 1 aromatic rings. The van der Waals surface area contributed by atoms with E-state index in [0.29, 0.717) is 11.5 Å². The Kier molecular flexibility index (Phi) is 6.71. The molecular weight excluding hydrogens is 286 g/mol. The third kappa shape index (κ3) is 5.33. The zero-order chi connectivity index (χ0) is 15.8. The summed E-state index contributed by atoms with van der Waals surface area (Å²) in [5.41, 5.74) is 1.50. The van der Waals surface area contributed by atoms with Gasteiger partial charge < -0.3 is 5.11 Å². The van der Waals surface area contributed by atoms with Crippen molar-refractivity contribution in [2.75, 3.05) is 0 Å². The van der Waals surface area contributed by atoms with E-state index >= 15 is 0 Å². The van der Waals surface area contributed by atoms with Crippen LogP contribution in [0.25, 0.3) is 0 Å². The molecule has 2 rings (SSSR count). The fraction of sp³-hybridized carbons (Fsp3) is 0.526. The van der Waals surface area contributed by atoms with Gasteiger partial charge in [0.05, 0.1) is 11.6 Å². The maximum absolute atomic E-state index is 10.1. The Bertz CT molecular complexity index is 556. The lowest BCUT2D eigenvalue weighted by Crippen LogP contribution is -2.23. The molecule has 3 heteroatoms. The van der Waals surface area contributed by atoms with E-state index in [1.165, 1.54) is 37.4 Å². The fourth-order valence-corrected chi connectivity index (χ4v) is 6.90. The van der Waals surface area contributed by atoms with Crippen LogP contribution in [0, 0.1) is 29.1 Å². The predicted molar refractivity (Wildman–Crippen MR) is 93.2 cm³/mol. The van der Waals surface area contributed by atoms with Crippen LogP contribution < -0.4 is 0 Å². The second-order valence-corrected chi connectivity index (χ2v) is 9.85. The van der Waals surface area contributed by atoms with E-state index in [0.717, 1.165) is 12.0 Å². The van der Waals surface area contributed by atoms with Crippen molar-refractivity contribution in [1.82, 2.24) is 0 Å². The van der Waals surface area contributed by atoms with Gasteiger partial charge in [-0.15, -0.1) is 0 Å². The molecule has 0 spiro atoms. The van der Waals surface area contributed by atoms with Gasteiger partial charge in [0.1, 0.15) is 6.10 Å². The summed E-state index contributed by atoms with van der Waals surface area (Å²) in [6.07, 6.45) is 4.24. The van der Waals surface area contributed by atoms with Crippen molar-refractivity contribution in [2.45, 2.75) is 56.8 Å². The van der Waals surface area contributed by atoms with Gasteiger partial charge in [-0.05, 0) is 36.6 Å². The molecule has 1 aliphatic heterocycles. The first kappa shape index (κ1) is 16.8. The monoisotopic (exact) mass is 311 g/mol. The van der Waals surface area contributed by atoms with Gasteiger partial charge in [0.25, 0.3) is 0 Å². The van der Waals surface area contributed by atoms with Crippen LogP contribution in [0.5, 0.6) is 0 Å². The summed E-state index contributed by atoms with van der Waals surface area (Å²) in [4.78, 5) is 0. The van der Waals surface area contributed by atoms with Gasteiger partial charge >= 0.3 is 0 Å². The van der Waals surface area contributed by atoms with E-state index in [4.69, 9.17) is 5.26 Å². The van der Waals surface area contributed by atoms with Crippen molar-refractivity contribution in [3.8, 4) is 17.9 Å². The van der Waals surface area contributed by atoms with E-state index in [1.54, 1.807) is 12.1 Å². The average Bonchev–Trinajstić information content (AvgIpc) is 2.55. The summed E-state index contributed by atoms with van der Waals surface area (Å²) in [7, 11) is -0.427. The molecule has 0 radical (unpaired) electrons. The summed E-state index contributed by atoms with van der Waals surface area (Å²) in [6, 6.07) is 13.7. The Balaban J connectivity index is 1.80. The highest BCUT2D eigenvalue weighted by Crippen LogP contribution is 2.30. The summed E-state index contributed by atoms with van der Waals surface area (Å²) < 4.78 is 0. The lowest BCUT2D eigenvalue weighted by atomic mass is 9.95. The SMILES string of the molecule is CCC[SiH]1CCC(CC(O)C#Cc2ccc(C#N)cc2)CC1. The zero-order valence-corrected chi connectivity index (χ0v) is 14.5. The van der Waals surface area contributed by atoms with E-state index < -0.39 is 14.9 Å². The maximum atomic E-state index is 10.1. The molecule has 1 heterocycles. The smallest absolute Gasteiger partial charge is 0.115 e. The molecule has 0 aromatic heterocycles. The van der Waals surface area contributed by atoms with Crippen LogP contribution in [0.2, 0.25) is 18.1 Å². The minimum Gasteiger partial charge on any atom is -0.380 e. The predicted octanol–water partition coefficient (Wildman–Crippen LogP) is 3.71. The number of nitriles is 1. The van der Waals surface area contributed by atoms with Crippen molar-refractivity contribution in [3.63, 3.8) is 0 Å². The van der Waals surface area contributed by atoms with E-state index in [2.05, 4.69) is 24.8 Å². The highest BCUT2D eigenvalue weighted by atomic mass is 28.3. The lowest BCUT2D eigenvalue weighted by molar-refractivity contribution is 0.190. The van der Waals surface area contributed by atoms with E-state index in [-0.39, 0.29) is 0 Å². The number of rotatable bonds is 4. The van der Waals surface area contributed by atoms with Crippen LogP contribution in [-0.2, 0) is 0 Å². The first-order valence-corrected chi connectivity index (χ1v) is 10.9. The second kappa shape index (κ2) is 8.78. The van der Waals surface area contributed by atoms with Crippen LogP contribution in [-0.4, -0.2) is 20.0 Å². The molecule has 0 saturated carbocycles. The first-order chi connectivity index (χ1) is 10.7. The second-order valence-electron chi connectivity index (χ2n) is 6.39. The highest BCUT2D eigenvalue weighted by molar-refractivity contribution is 6.58. The molecule has 0 bridgehead atoms. The van der Waals surface area contributed by atoms with Crippen molar-refractivity contribution < 1.29 is 5.11 Å². The maximum Gasteiger partial charge on any atom is 0.115 e. The number of nitrogens with zero attached hydrogens (tertiary/aromatic N) is 1. The largest absolute Gasteiger partial charge is 0.380 e. The number of benzene rings is 1. The van der Waals surface area contributed by atoms with Gasteiger partial charge in [0.15, 0.2) is 0 Å². The highest BCUT2D eigenvalue weighted by Gasteiger charge is 2.22. The number of hydrogen-bond acceptors (Lipinski definition) is 2.